The van der Waals surface area contributed by atoms with Gasteiger partial charge in [-0.3, -0.25) is 14.5 Å². The van der Waals surface area contributed by atoms with Crippen LogP contribution in [0.1, 0.15) is 47.9 Å². The lowest BCUT2D eigenvalue weighted by Crippen LogP contribution is -2.37. The Morgan fingerprint density at radius 3 is 2.36 bits per heavy atom. The average Bonchev–Trinajstić information content (AvgIpc) is 3.03. The van der Waals surface area contributed by atoms with E-state index in [1.165, 1.54) is 0 Å². The number of aryl methyl sites for hydroxylation is 1. The Hall–Kier alpha value is -2.62. The van der Waals surface area contributed by atoms with Gasteiger partial charge in [0, 0.05) is 16.8 Å². The lowest BCUT2D eigenvalue weighted by molar-refractivity contribution is -0.119. The number of anilines is 1. The number of hydrogen-bond acceptors (Lipinski definition) is 2. The molecule has 0 spiro atoms. The van der Waals surface area contributed by atoms with Crippen molar-refractivity contribution < 1.29 is 9.59 Å². The van der Waals surface area contributed by atoms with Crippen molar-refractivity contribution in [1.82, 2.24) is 4.90 Å². The average molecular weight is 334 g/mol. The van der Waals surface area contributed by atoms with Crippen molar-refractivity contribution in [2.45, 2.75) is 39.4 Å². The summed E-state index contributed by atoms with van der Waals surface area (Å²) in [5.74, 6) is 0.323. The number of rotatable bonds is 3. The van der Waals surface area contributed by atoms with Crippen LogP contribution in [-0.4, -0.2) is 22.8 Å². The molecule has 2 aliphatic heterocycles. The fourth-order valence-electron chi connectivity index (χ4n) is 3.93. The van der Waals surface area contributed by atoms with Crippen LogP contribution in [0.5, 0.6) is 0 Å². The Kier molecular flexibility index (Phi) is 3.64. The molecule has 0 unspecified atom stereocenters. The monoisotopic (exact) mass is 334 g/mol. The maximum Gasteiger partial charge on any atom is 0.256 e. The highest BCUT2D eigenvalue weighted by molar-refractivity contribution is 6.10. The maximum absolute atomic E-state index is 13.2. The van der Waals surface area contributed by atoms with Crippen LogP contribution >= 0.6 is 0 Å². The third kappa shape index (κ3) is 2.36. The first kappa shape index (κ1) is 15.9. The van der Waals surface area contributed by atoms with Gasteiger partial charge in [-0.05, 0) is 37.5 Å². The van der Waals surface area contributed by atoms with Crippen LogP contribution in [0.25, 0.3) is 0 Å². The number of amides is 2. The first-order valence-corrected chi connectivity index (χ1v) is 8.80. The molecule has 4 heteroatoms. The first-order chi connectivity index (χ1) is 12.0. The summed E-state index contributed by atoms with van der Waals surface area (Å²) in [4.78, 5) is 29.8. The first-order valence-electron chi connectivity index (χ1n) is 8.80. The van der Waals surface area contributed by atoms with Crippen molar-refractivity contribution in [3.63, 3.8) is 0 Å². The summed E-state index contributed by atoms with van der Waals surface area (Å²) >= 11 is 0. The van der Waals surface area contributed by atoms with E-state index in [1.54, 1.807) is 9.80 Å². The van der Waals surface area contributed by atoms with Crippen molar-refractivity contribution in [3.05, 3.63) is 65.2 Å². The molecule has 4 nitrogen and oxygen atoms in total. The highest BCUT2D eigenvalue weighted by Gasteiger charge is 2.54. The van der Waals surface area contributed by atoms with Crippen LogP contribution in [0.4, 0.5) is 5.69 Å². The van der Waals surface area contributed by atoms with Crippen molar-refractivity contribution in [1.29, 1.82) is 0 Å². The van der Waals surface area contributed by atoms with Crippen LogP contribution in [-0.2, 0) is 4.79 Å². The molecule has 4 rings (SSSR count). The minimum absolute atomic E-state index is 0.0189. The van der Waals surface area contributed by atoms with Gasteiger partial charge in [-0.1, -0.05) is 49.7 Å². The van der Waals surface area contributed by atoms with Crippen molar-refractivity contribution in [2.75, 3.05) is 4.90 Å². The Morgan fingerprint density at radius 1 is 1.00 bits per heavy atom. The molecule has 2 aliphatic rings. The highest BCUT2D eigenvalue weighted by Crippen LogP contribution is 2.46. The van der Waals surface area contributed by atoms with Crippen LogP contribution in [0.15, 0.2) is 48.5 Å². The minimum Gasteiger partial charge on any atom is -0.301 e. The molecule has 0 radical (unpaired) electrons. The van der Waals surface area contributed by atoms with Gasteiger partial charge in [-0.15, -0.1) is 0 Å². The van der Waals surface area contributed by atoms with E-state index >= 15 is 0 Å². The Labute approximate surface area is 148 Å². The molecule has 2 aromatic rings. The SMILES string of the molecule is Cc1ccc(N2C(=O)[C@H](CC(C)C)N3C(=O)c4ccccc4[C@@H]23)cc1. The lowest BCUT2D eigenvalue weighted by atomic mass is 10.0. The van der Waals surface area contributed by atoms with E-state index in [0.717, 1.165) is 16.8 Å². The molecule has 0 N–H and O–H groups in total. The van der Waals surface area contributed by atoms with Gasteiger partial charge in [-0.2, -0.15) is 0 Å². The summed E-state index contributed by atoms with van der Waals surface area (Å²) in [5, 5.41) is 0. The second-order valence-corrected chi connectivity index (χ2v) is 7.36. The van der Waals surface area contributed by atoms with Crippen molar-refractivity contribution >= 4 is 17.5 Å². The van der Waals surface area contributed by atoms with E-state index in [2.05, 4.69) is 13.8 Å². The van der Waals surface area contributed by atoms with Gasteiger partial charge < -0.3 is 4.90 Å². The molecule has 0 bridgehead atoms. The zero-order valence-corrected chi connectivity index (χ0v) is 14.8. The van der Waals surface area contributed by atoms with E-state index in [-0.39, 0.29) is 18.0 Å². The normalized spacial score (nSPS) is 21.9. The fourth-order valence-corrected chi connectivity index (χ4v) is 3.93. The molecule has 2 heterocycles. The third-order valence-electron chi connectivity index (χ3n) is 5.08. The quantitative estimate of drug-likeness (QED) is 0.854. The standard InChI is InChI=1S/C21H22N2O2/c1-13(2)12-18-21(25)22(15-10-8-14(3)9-11-15)19-16-6-4-5-7-17(16)20(24)23(18)19/h4-11,13,18-19H,12H2,1-3H3/t18-,19-/m0/s1. The van der Waals surface area contributed by atoms with Gasteiger partial charge >= 0.3 is 0 Å². The zero-order valence-electron chi connectivity index (χ0n) is 14.8. The summed E-state index contributed by atoms with van der Waals surface area (Å²) in [6.45, 7) is 6.20. The van der Waals surface area contributed by atoms with Gasteiger partial charge in [0.15, 0.2) is 0 Å². The van der Waals surface area contributed by atoms with Gasteiger partial charge in [0.25, 0.3) is 11.8 Å². The Morgan fingerprint density at radius 2 is 1.68 bits per heavy atom. The summed E-state index contributed by atoms with van der Waals surface area (Å²) in [7, 11) is 0. The predicted octanol–water partition coefficient (Wildman–Crippen LogP) is 3.91. The Balaban J connectivity index is 1.85. The molecule has 2 aromatic carbocycles. The Bertz CT molecular complexity index is 841. The second kappa shape index (κ2) is 5.73. The molecular formula is C21H22N2O2. The van der Waals surface area contributed by atoms with Crippen LogP contribution in [0.2, 0.25) is 0 Å². The molecule has 0 saturated carbocycles. The summed E-state index contributed by atoms with van der Waals surface area (Å²) in [6, 6.07) is 15.2. The van der Waals surface area contributed by atoms with Crippen LogP contribution in [0, 0.1) is 12.8 Å². The van der Waals surface area contributed by atoms with E-state index in [9.17, 15) is 9.59 Å². The molecule has 0 aromatic heterocycles. The van der Waals surface area contributed by atoms with Gasteiger partial charge in [0.2, 0.25) is 0 Å². The smallest absolute Gasteiger partial charge is 0.256 e. The maximum atomic E-state index is 13.2. The highest BCUT2D eigenvalue weighted by atomic mass is 16.2. The second-order valence-electron chi connectivity index (χ2n) is 7.36. The number of nitrogens with zero attached hydrogens (tertiary/aromatic N) is 2. The molecule has 2 atom stereocenters. The molecule has 128 valence electrons. The largest absolute Gasteiger partial charge is 0.301 e. The van der Waals surface area contributed by atoms with Gasteiger partial charge in [0.05, 0.1) is 0 Å². The lowest BCUT2D eigenvalue weighted by Gasteiger charge is -2.25. The minimum atomic E-state index is -0.397. The van der Waals surface area contributed by atoms with Gasteiger partial charge in [-0.25, -0.2) is 0 Å². The number of benzene rings is 2. The predicted molar refractivity (Wildman–Crippen MR) is 97.3 cm³/mol. The zero-order chi connectivity index (χ0) is 17.7. The van der Waals surface area contributed by atoms with Gasteiger partial charge in [0.1, 0.15) is 12.2 Å². The van der Waals surface area contributed by atoms with E-state index < -0.39 is 6.04 Å². The summed E-state index contributed by atoms with van der Waals surface area (Å²) < 4.78 is 0. The summed E-state index contributed by atoms with van der Waals surface area (Å²) in [6.07, 6.45) is 0.347. The van der Waals surface area contributed by atoms with Crippen LogP contribution < -0.4 is 4.90 Å². The molecule has 1 saturated heterocycles. The molecule has 25 heavy (non-hydrogen) atoms. The van der Waals surface area contributed by atoms with Crippen LogP contribution in [0.3, 0.4) is 0 Å². The number of hydrogen-bond donors (Lipinski definition) is 0. The third-order valence-corrected chi connectivity index (χ3v) is 5.08. The number of carbonyl (C=O) groups excluding carboxylic acids is 2. The van der Waals surface area contributed by atoms with E-state index in [4.69, 9.17) is 0 Å². The molecule has 1 fully saturated rings. The van der Waals surface area contributed by atoms with Crippen molar-refractivity contribution in [2.24, 2.45) is 5.92 Å². The molecule has 2 amide bonds. The molecule has 0 aliphatic carbocycles. The van der Waals surface area contributed by atoms with Crippen molar-refractivity contribution in [3.8, 4) is 0 Å². The number of fused-ring (bicyclic) bond motifs is 3. The molecular weight excluding hydrogens is 312 g/mol. The summed E-state index contributed by atoms with van der Waals surface area (Å²) in [5.41, 5.74) is 3.63. The topological polar surface area (TPSA) is 40.6 Å². The van der Waals surface area contributed by atoms with E-state index in [0.29, 0.717) is 17.9 Å². The number of carbonyl (C=O) groups is 2. The van der Waals surface area contributed by atoms with E-state index in [1.807, 2.05) is 55.5 Å². The fraction of sp³-hybridized carbons (Fsp3) is 0.333.